The quantitative estimate of drug-likeness (QED) is 0.0893. The highest BCUT2D eigenvalue weighted by Crippen LogP contribution is 2.50. The number of carboxylic acid groups (broad SMARTS) is 1. The highest BCUT2D eigenvalue weighted by atomic mass is 127. The molecule has 1 aliphatic heterocycles. The maximum atomic E-state index is 13.4. The summed E-state index contributed by atoms with van der Waals surface area (Å²) in [5, 5.41) is 9.23. The minimum atomic E-state index is -3.83. The van der Waals surface area contributed by atoms with Gasteiger partial charge in [0.15, 0.2) is 5.71 Å². The Bertz CT molecular complexity index is 849. The molecule has 0 aliphatic carbocycles. The smallest absolute Gasteiger partial charge is 0.414 e. The average molecular weight is 583 g/mol. The summed E-state index contributed by atoms with van der Waals surface area (Å²) in [4.78, 5) is 20.7. The van der Waals surface area contributed by atoms with Gasteiger partial charge in [0, 0.05) is 25.0 Å². The second kappa shape index (κ2) is 13.2. The van der Waals surface area contributed by atoms with E-state index in [1.807, 2.05) is 12.1 Å². The summed E-state index contributed by atoms with van der Waals surface area (Å²) in [6.07, 6.45) is 3.44. The van der Waals surface area contributed by atoms with Crippen LogP contribution in [0, 0.1) is 0 Å². The maximum Gasteiger partial charge on any atom is 0.414 e. The van der Waals surface area contributed by atoms with Gasteiger partial charge in [-0.1, -0.05) is 12.8 Å². The van der Waals surface area contributed by atoms with E-state index in [4.69, 9.17) is 24.2 Å². The van der Waals surface area contributed by atoms with Gasteiger partial charge in [0.2, 0.25) is 5.69 Å². The normalized spacial score (nSPS) is 17.9. The predicted octanol–water partition coefficient (Wildman–Crippen LogP) is 1.88. The Labute approximate surface area is 207 Å². The molecule has 0 spiro atoms. The molecule has 0 saturated heterocycles. The van der Waals surface area contributed by atoms with Crippen molar-refractivity contribution >= 4 is 30.3 Å². The number of carbonyl (C=O) groups is 1. The molecule has 0 radical (unpaired) electrons. The van der Waals surface area contributed by atoms with Gasteiger partial charge in [-0.3, -0.25) is 4.79 Å². The zero-order chi connectivity index (χ0) is 23.1. The average Bonchev–Trinajstić information content (AvgIpc) is 2.96. The van der Waals surface area contributed by atoms with Crippen LogP contribution in [0.15, 0.2) is 18.2 Å². The van der Waals surface area contributed by atoms with Crippen molar-refractivity contribution in [1.82, 2.24) is 0 Å². The third-order valence-corrected chi connectivity index (χ3v) is 7.32. The van der Waals surface area contributed by atoms with Crippen LogP contribution in [0.2, 0.25) is 0 Å². The lowest BCUT2D eigenvalue weighted by Gasteiger charge is -2.23. The van der Waals surface area contributed by atoms with Crippen LogP contribution in [0.1, 0.15) is 72.3 Å². The van der Waals surface area contributed by atoms with Gasteiger partial charge in [-0.25, -0.2) is 14.3 Å². The molecule has 1 aliphatic rings. The molecule has 0 bridgehead atoms. The summed E-state index contributed by atoms with van der Waals surface area (Å²) in [5.41, 5.74) is 3.05. The number of benzene rings is 1. The van der Waals surface area contributed by atoms with E-state index in [1.54, 1.807) is 19.9 Å². The molecule has 2 rings (SSSR count). The maximum absolute atomic E-state index is 13.4. The molecule has 8 nitrogen and oxygen atoms in total. The van der Waals surface area contributed by atoms with Crippen LogP contribution < -0.4 is 29.3 Å². The molecule has 1 aromatic carbocycles. The molecule has 32 heavy (non-hydrogen) atoms. The molecular formula is C22H35INO7P. The summed E-state index contributed by atoms with van der Waals surface area (Å²) in [5.74, 6) is -0.763. The SMILES string of the molecule is CCOOP(=O)(OOCC)c1ccc2c(c1)C(C)(CCCCCC(=O)O)C(C)=[N+]2CC.[I-]. The van der Waals surface area contributed by atoms with Crippen LogP contribution in [0.5, 0.6) is 0 Å². The first-order valence-electron chi connectivity index (χ1n) is 10.9. The fraction of sp³-hybridized carbons (Fsp3) is 0.636. The van der Waals surface area contributed by atoms with Crippen molar-refractivity contribution in [2.45, 2.75) is 72.1 Å². The molecule has 1 unspecified atom stereocenters. The van der Waals surface area contributed by atoms with Crippen LogP contribution >= 0.6 is 7.60 Å². The van der Waals surface area contributed by atoms with E-state index in [-0.39, 0.29) is 49.0 Å². The minimum absolute atomic E-state index is 0. The van der Waals surface area contributed by atoms with Crippen molar-refractivity contribution in [2.75, 3.05) is 19.8 Å². The minimum Gasteiger partial charge on any atom is -1.00 e. The zero-order valence-electron chi connectivity index (χ0n) is 19.6. The second-order valence-corrected chi connectivity index (χ2v) is 9.59. The van der Waals surface area contributed by atoms with Crippen molar-refractivity contribution in [3.05, 3.63) is 23.8 Å². The molecule has 1 atom stereocenters. The van der Waals surface area contributed by atoms with E-state index in [2.05, 4.69) is 25.3 Å². The van der Waals surface area contributed by atoms with Crippen molar-refractivity contribution in [2.24, 2.45) is 0 Å². The molecule has 0 amide bonds. The van der Waals surface area contributed by atoms with Crippen LogP contribution in [0.3, 0.4) is 0 Å². The van der Waals surface area contributed by atoms with Gasteiger partial charge in [0.1, 0.15) is 6.54 Å². The van der Waals surface area contributed by atoms with Gasteiger partial charge in [-0.2, -0.15) is 4.58 Å². The monoisotopic (exact) mass is 583 g/mol. The first-order chi connectivity index (χ1) is 14.7. The number of fused-ring (bicyclic) bond motifs is 1. The zero-order valence-corrected chi connectivity index (χ0v) is 22.6. The second-order valence-electron chi connectivity index (χ2n) is 7.78. The largest absolute Gasteiger partial charge is 1.00 e. The third-order valence-electron chi connectivity index (χ3n) is 5.81. The van der Waals surface area contributed by atoms with E-state index in [1.165, 1.54) is 5.71 Å². The number of carboxylic acids is 1. The topological polar surface area (TPSA) is 94.3 Å². The van der Waals surface area contributed by atoms with Crippen molar-refractivity contribution in [1.29, 1.82) is 0 Å². The number of nitrogens with zero attached hydrogens (tertiary/aromatic N) is 1. The van der Waals surface area contributed by atoms with Crippen LogP contribution in [0.25, 0.3) is 0 Å². The molecule has 10 heteroatoms. The van der Waals surface area contributed by atoms with Gasteiger partial charge in [0.25, 0.3) is 0 Å². The van der Waals surface area contributed by atoms with Crippen LogP contribution in [-0.2, 0) is 33.9 Å². The Morgan fingerprint density at radius 1 is 1.09 bits per heavy atom. The van der Waals surface area contributed by atoms with E-state index in [0.717, 1.165) is 37.1 Å². The fourth-order valence-corrected chi connectivity index (χ4v) is 5.27. The highest BCUT2D eigenvalue weighted by molar-refractivity contribution is 7.62. The Balaban J connectivity index is 0.00000512. The van der Waals surface area contributed by atoms with E-state index >= 15 is 0 Å². The standard InChI is InChI=1S/C22H34NO7P.HI/c1-6-23-17(4)22(5,15-11-9-10-12-21(24)25)19-16-18(13-14-20(19)23)31(26,29-27-7-2)30-28-8-3;/h13-14,16H,6-12,15H2,1-5H3;1H. The van der Waals surface area contributed by atoms with Gasteiger partial charge >= 0.3 is 13.6 Å². The van der Waals surface area contributed by atoms with Gasteiger partial charge in [-0.05, 0) is 52.7 Å². The number of unbranched alkanes of at least 4 members (excludes halogenated alkanes) is 2. The fourth-order valence-electron chi connectivity index (χ4n) is 4.04. The lowest BCUT2D eigenvalue weighted by atomic mass is 9.76. The molecule has 0 fully saturated rings. The number of halogens is 1. The van der Waals surface area contributed by atoms with Gasteiger partial charge in [-0.15, -0.1) is 9.35 Å². The van der Waals surface area contributed by atoms with E-state index in [0.29, 0.717) is 11.7 Å². The Hall–Kier alpha value is -0.840. The van der Waals surface area contributed by atoms with E-state index in [9.17, 15) is 9.36 Å². The Morgan fingerprint density at radius 3 is 2.25 bits per heavy atom. The summed E-state index contributed by atoms with van der Waals surface area (Å²) >= 11 is 0. The molecule has 182 valence electrons. The molecule has 0 saturated carbocycles. The highest BCUT2D eigenvalue weighted by Gasteiger charge is 2.47. The van der Waals surface area contributed by atoms with Crippen LogP contribution in [0.4, 0.5) is 5.69 Å². The summed E-state index contributed by atoms with van der Waals surface area (Å²) in [6.45, 7) is 11.1. The van der Waals surface area contributed by atoms with Gasteiger partial charge < -0.3 is 29.1 Å². The molecule has 0 aromatic heterocycles. The molecule has 1 heterocycles. The summed E-state index contributed by atoms with van der Waals surface area (Å²) < 4.78 is 25.9. The number of hydrogen-bond acceptors (Lipinski definition) is 6. The first kappa shape index (κ1) is 29.2. The van der Waals surface area contributed by atoms with Gasteiger partial charge in [0.05, 0.1) is 23.9 Å². The Kier molecular flexibility index (Phi) is 12.0. The summed E-state index contributed by atoms with van der Waals surface area (Å²) in [7, 11) is -3.83. The first-order valence-corrected chi connectivity index (χ1v) is 12.5. The lowest BCUT2D eigenvalue weighted by Crippen LogP contribution is -3.00. The summed E-state index contributed by atoms with van der Waals surface area (Å²) in [6, 6.07) is 5.53. The van der Waals surface area contributed by atoms with Crippen molar-refractivity contribution < 1.29 is 62.1 Å². The van der Waals surface area contributed by atoms with Crippen molar-refractivity contribution in [3.8, 4) is 0 Å². The Morgan fingerprint density at radius 2 is 1.72 bits per heavy atom. The third kappa shape index (κ3) is 6.61. The van der Waals surface area contributed by atoms with Crippen molar-refractivity contribution in [3.63, 3.8) is 0 Å². The van der Waals surface area contributed by atoms with Crippen LogP contribution in [-0.4, -0.2) is 41.1 Å². The number of rotatable bonds is 14. The number of aliphatic carboxylic acids is 1. The van der Waals surface area contributed by atoms with E-state index < -0.39 is 13.6 Å². The predicted molar refractivity (Wildman–Crippen MR) is 118 cm³/mol. The molecule has 1 N–H and O–H groups in total. The number of hydrogen-bond donors (Lipinski definition) is 1. The molecule has 1 aromatic rings. The lowest BCUT2D eigenvalue weighted by molar-refractivity contribution is -0.434. The molecular weight excluding hydrogens is 548 g/mol.